The molecule has 0 amide bonds. The van der Waals surface area contributed by atoms with Crippen LogP contribution in [0.2, 0.25) is 0 Å². The minimum Gasteiger partial charge on any atom is -0.481 e. The van der Waals surface area contributed by atoms with Gasteiger partial charge in [-0.3, -0.25) is 4.79 Å². The van der Waals surface area contributed by atoms with Gasteiger partial charge in [-0.05, 0) is 19.8 Å². The third-order valence-electron chi connectivity index (χ3n) is 2.80. The van der Waals surface area contributed by atoms with Crippen LogP contribution in [0.15, 0.2) is 5.38 Å². The van der Waals surface area contributed by atoms with Crippen LogP contribution >= 0.6 is 11.3 Å². The molecule has 1 aromatic rings. The number of carboxylic acid groups (broad SMARTS) is 1. The van der Waals surface area contributed by atoms with E-state index in [-0.39, 0.29) is 6.10 Å². The number of ether oxygens (including phenoxy) is 1. The molecule has 0 aliphatic heterocycles. The quantitative estimate of drug-likeness (QED) is 0.881. The van der Waals surface area contributed by atoms with Gasteiger partial charge in [0.1, 0.15) is 16.5 Å². The van der Waals surface area contributed by atoms with Gasteiger partial charge in [-0.1, -0.05) is 13.8 Å². The van der Waals surface area contributed by atoms with Gasteiger partial charge in [0.2, 0.25) is 0 Å². The monoisotopic (exact) mass is 257 g/mol. The van der Waals surface area contributed by atoms with Crippen LogP contribution in [0.5, 0.6) is 0 Å². The van der Waals surface area contributed by atoms with Crippen molar-refractivity contribution in [1.82, 2.24) is 4.98 Å². The molecule has 1 atom stereocenters. The van der Waals surface area contributed by atoms with Crippen molar-refractivity contribution in [3.8, 4) is 0 Å². The molecule has 96 valence electrons. The zero-order valence-electron chi connectivity index (χ0n) is 10.9. The van der Waals surface area contributed by atoms with E-state index in [2.05, 4.69) is 18.8 Å². The lowest BCUT2D eigenvalue weighted by Gasteiger charge is -2.18. The van der Waals surface area contributed by atoms with E-state index in [0.29, 0.717) is 11.6 Å². The topological polar surface area (TPSA) is 59.4 Å². The fourth-order valence-electron chi connectivity index (χ4n) is 1.47. The fraction of sp³-hybridized carbons (Fsp3) is 0.667. The third kappa shape index (κ3) is 2.84. The lowest BCUT2D eigenvalue weighted by Crippen LogP contribution is -2.29. The summed E-state index contributed by atoms with van der Waals surface area (Å²) in [5.74, 6) is -0.556. The van der Waals surface area contributed by atoms with Gasteiger partial charge in [-0.25, -0.2) is 4.98 Å². The smallest absolute Gasteiger partial charge is 0.315 e. The van der Waals surface area contributed by atoms with Crippen molar-refractivity contribution in [2.45, 2.75) is 39.2 Å². The number of carbonyl (C=O) groups is 1. The maximum atomic E-state index is 11.1. The van der Waals surface area contributed by atoms with E-state index in [4.69, 9.17) is 9.84 Å². The van der Waals surface area contributed by atoms with Crippen molar-refractivity contribution in [3.63, 3.8) is 0 Å². The van der Waals surface area contributed by atoms with Gasteiger partial charge in [0, 0.05) is 12.5 Å². The number of aliphatic carboxylic acids is 1. The van der Waals surface area contributed by atoms with Crippen LogP contribution in [0.3, 0.4) is 0 Å². The lowest BCUT2D eigenvalue weighted by atomic mass is 9.90. The van der Waals surface area contributed by atoms with Gasteiger partial charge in [-0.15, -0.1) is 11.3 Å². The molecule has 1 aromatic heterocycles. The highest BCUT2D eigenvalue weighted by Gasteiger charge is 2.33. The second-order valence-electron chi connectivity index (χ2n) is 4.90. The number of nitrogens with zero attached hydrogens (tertiary/aromatic N) is 1. The van der Waals surface area contributed by atoms with Crippen molar-refractivity contribution in [3.05, 3.63) is 16.1 Å². The molecular formula is C12H19NO3S. The molecule has 0 aliphatic carbocycles. The predicted octanol–water partition coefficient (Wildman–Crippen LogP) is 2.85. The summed E-state index contributed by atoms with van der Waals surface area (Å²) in [6, 6.07) is 0. The number of aromatic nitrogens is 1. The maximum absolute atomic E-state index is 11.1. The van der Waals surface area contributed by atoms with E-state index < -0.39 is 11.4 Å². The third-order valence-corrected chi connectivity index (χ3v) is 3.71. The standard InChI is InChI=1S/C12H19NO3S/c1-7(2)9(16-5)10-13-8(6-17-10)12(3,4)11(14)15/h6-7,9H,1-5H3,(H,14,15). The molecule has 4 nitrogen and oxygen atoms in total. The molecule has 0 aromatic carbocycles. The van der Waals surface area contributed by atoms with Crippen LogP contribution in [0.25, 0.3) is 0 Å². The van der Waals surface area contributed by atoms with Crippen LogP contribution in [-0.4, -0.2) is 23.2 Å². The summed E-state index contributed by atoms with van der Waals surface area (Å²) in [5, 5.41) is 11.8. The predicted molar refractivity (Wildman–Crippen MR) is 67.4 cm³/mol. The Morgan fingerprint density at radius 2 is 2.12 bits per heavy atom. The minimum absolute atomic E-state index is 0.0710. The molecule has 0 saturated heterocycles. The normalized spacial score (nSPS) is 14.0. The summed E-state index contributed by atoms with van der Waals surface area (Å²) in [5.41, 5.74) is -0.364. The Morgan fingerprint density at radius 1 is 1.53 bits per heavy atom. The molecule has 0 radical (unpaired) electrons. The van der Waals surface area contributed by atoms with Crippen LogP contribution in [0, 0.1) is 5.92 Å². The highest BCUT2D eigenvalue weighted by molar-refractivity contribution is 7.09. The van der Waals surface area contributed by atoms with Gasteiger partial charge < -0.3 is 9.84 Å². The summed E-state index contributed by atoms with van der Waals surface area (Å²) in [7, 11) is 1.65. The van der Waals surface area contributed by atoms with E-state index in [1.54, 1.807) is 26.3 Å². The SMILES string of the molecule is COC(c1nc(C(C)(C)C(=O)O)cs1)C(C)C. The van der Waals surface area contributed by atoms with E-state index >= 15 is 0 Å². The molecule has 17 heavy (non-hydrogen) atoms. The molecule has 5 heteroatoms. The average Bonchev–Trinajstić information content (AvgIpc) is 2.67. The Kier molecular flexibility index (Phi) is 4.27. The second kappa shape index (κ2) is 5.14. The number of carboxylic acids is 1. The summed E-state index contributed by atoms with van der Waals surface area (Å²) < 4.78 is 5.38. The van der Waals surface area contributed by atoms with E-state index in [0.717, 1.165) is 5.01 Å². The molecule has 1 rings (SSSR count). The van der Waals surface area contributed by atoms with E-state index in [1.807, 2.05) is 0 Å². The molecule has 1 N–H and O–H groups in total. The molecule has 1 unspecified atom stereocenters. The number of rotatable bonds is 5. The second-order valence-corrected chi connectivity index (χ2v) is 5.79. The molecular weight excluding hydrogens is 238 g/mol. The van der Waals surface area contributed by atoms with Crippen LogP contribution in [0.4, 0.5) is 0 Å². The maximum Gasteiger partial charge on any atom is 0.315 e. The van der Waals surface area contributed by atoms with Gasteiger partial charge in [0.05, 0.1) is 5.69 Å². The Balaban J connectivity index is 3.03. The first kappa shape index (κ1) is 14.1. The highest BCUT2D eigenvalue weighted by atomic mass is 32.1. The van der Waals surface area contributed by atoms with Crippen LogP contribution < -0.4 is 0 Å². The molecule has 0 spiro atoms. The average molecular weight is 257 g/mol. The number of methoxy groups -OCH3 is 1. The summed E-state index contributed by atoms with van der Waals surface area (Å²) in [4.78, 5) is 15.5. The number of hydrogen-bond acceptors (Lipinski definition) is 4. The van der Waals surface area contributed by atoms with E-state index in [1.165, 1.54) is 11.3 Å². The minimum atomic E-state index is -0.954. The summed E-state index contributed by atoms with van der Waals surface area (Å²) >= 11 is 1.46. The zero-order chi connectivity index (χ0) is 13.2. The van der Waals surface area contributed by atoms with Crippen LogP contribution in [0.1, 0.15) is 44.5 Å². The van der Waals surface area contributed by atoms with Gasteiger partial charge in [-0.2, -0.15) is 0 Å². The van der Waals surface area contributed by atoms with Gasteiger partial charge in [0.25, 0.3) is 0 Å². The summed E-state index contributed by atoms with van der Waals surface area (Å²) in [6.45, 7) is 7.42. The first-order valence-corrected chi connectivity index (χ1v) is 6.40. The van der Waals surface area contributed by atoms with Crippen molar-refractivity contribution in [2.24, 2.45) is 5.92 Å². The molecule has 0 aliphatic rings. The van der Waals surface area contributed by atoms with Crippen molar-refractivity contribution >= 4 is 17.3 Å². The van der Waals surface area contributed by atoms with Crippen molar-refractivity contribution < 1.29 is 14.6 Å². The molecule has 1 heterocycles. The Hall–Kier alpha value is -0.940. The number of hydrogen-bond donors (Lipinski definition) is 1. The number of thiazole rings is 1. The Labute approximate surface area is 106 Å². The van der Waals surface area contributed by atoms with E-state index in [9.17, 15) is 4.79 Å². The van der Waals surface area contributed by atoms with Crippen molar-refractivity contribution in [2.75, 3.05) is 7.11 Å². The van der Waals surface area contributed by atoms with Gasteiger partial charge in [0.15, 0.2) is 0 Å². The fourth-order valence-corrected chi connectivity index (χ4v) is 2.71. The molecule has 0 bridgehead atoms. The summed E-state index contributed by atoms with van der Waals surface area (Å²) in [6.07, 6.45) is -0.0710. The van der Waals surface area contributed by atoms with Gasteiger partial charge >= 0.3 is 5.97 Å². The Bertz CT molecular complexity index is 398. The zero-order valence-corrected chi connectivity index (χ0v) is 11.7. The Morgan fingerprint density at radius 3 is 2.53 bits per heavy atom. The lowest BCUT2D eigenvalue weighted by molar-refractivity contribution is -0.142. The first-order chi connectivity index (χ1) is 7.80. The highest BCUT2D eigenvalue weighted by Crippen LogP contribution is 2.31. The molecule has 0 saturated carbocycles. The van der Waals surface area contributed by atoms with Crippen molar-refractivity contribution in [1.29, 1.82) is 0 Å². The first-order valence-electron chi connectivity index (χ1n) is 5.52. The largest absolute Gasteiger partial charge is 0.481 e. The van der Waals surface area contributed by atoms with Crippen LogP contribution in [-0.2, 0) is 14.9 Å². The molecule has 0 fully saturated rings.